The largest absolute Gasteiger partial charge is 0.392 e. The van der Waals surface area contributed by atoms with Crippen LogP contribution in [0.3, 0.4) is 0 Å². The number of nitrogens with one attached hydrogen (secondary N) is 1. The molecule has 0 aromatic carbocycles. The summed E-state index contributed by atoms with van der Waals surface area (Å²) in [6, 6.07) is -0.808. The molecule has 3 N–H and O–H groups in total. The Morgan fingerprint density at radius 2 is 2.00 bits per heavy atom. The van der Waals surface area contributed by atoms with Gasteiger partial charge in [0.1, 0.15) is 6.04 Å². The molecule has 3 amide bonds. The highest BCUT2D eigenvalue weighted by atomic mass is 32.1. The Hall–Kier alpha value is -1.50. The average Bonchev–Trinajstić information content (AvgIpc) is 2.59. The Labute approximate surface area is 117 Å². The van der Waals surface area contributed by atoms with Crippen molar-refractivity contribution in [3.63, 3.8) is 0 Å². The van der Waals surface area contributed by atoms with Crippen molar-refractivity contribution in [3.8, 4) is 0 Å². The molecule has 1 saturated heterocycles. The number of nitrogens with two attached hydrogens (primary N) is 1. The molecule has 1 heterocycles. The maximum atomic E-state index is 12.3. The molecule has 0 aromatic rings. The summed E-state index contributed by atoms with van der Waals surface area (Å²) in [5.41, 5.74) is 4.71. The number of thiocarbonyl (C=S) groups is 1. The molecule has 1 fully saturated rings. The van der Waals surface area contributed by atoms with Crippen LogP contribution in [0.1, 0.15) is 33.1 Å². The van der Waals surface area contributed by atoms with E-state index < -0.39 is 17.4 Å². The van der Waals surface area contributed by atoms with Crippen LogP contribution in [0.15, 0.2) is 0 Å². The van der Waals surface area contributed by atoms with Crippen LogP contribution in [-0.4, -0.2) is 40.7 Å². The Balaban J connectivity index is 2.88. The first-order chi connectivity index (χ1) is 8.80. The van der Waals surface area contributed by atoms with E-state index >= 15 is 0 Å². The van der Waals surface area contributed by atoms with E-state index in [-0.39, 0.29) is 23.2 Å². The van der Waals surface area contributed by atoms with E-state index in [1.54, 1.807) is 0 Å². The monoisotopic (exact) mass is 285 g/mol. The van der Waals surface area contributed by atoms with E-state index in [1.807, 2.05) is 13.8 Å². The summed E-state index contributed by atoms with van der Waals surface area (Å²) in [4.78, 5) is 36.6. The summed E-state index contributed by atoms with van der Waals surface area (Å²) >= 11 is 4.98. The predicted octanol–water partition coefficient (Wildman–Crippen LogP) is -0.0476. The first-order valence-corrected chi connectivity index (χ1v) is 6.62. The Morgan fingerprint density at radius 3 is 2.32 bits per heavy atom. The molecule has 0 radical (unpaired) electrons. The zero-order valence-corrected chi connectivity index (χ0v) is 12.2. The molecular weight excluding hydrogens is 266 g/mol. The number of imide groups is 1. The van der Waals surface area contributed by atoms with Crippen molar-refractivity contribution in [2.45, 2.75) is 39.2 Å². The van der Waals surface area contributed by atoms with E-state index in [0.29, 0.717) is 12.8 Å². The van der Waals surface area contributed by atoms with Gasteiger partial charge in [0.2, 0.25) is 11.8 Å². The van der Waals surface area contributed by atoms with E-state index in [1.165, 1.54) is 7.05 Å². The van der Waals surface area contributed by atoms with Crippen molar-refractivity contribution in [2.75, 3.05) is 7.05 Å². The van der Waals surface area contributed by atoms with Crippen LogP contribution in [0.2, 0.25) is 0 Å². The second kappa shape index (κ2) is 5.64. The number of rotatable bonds is 5. The molecule has 1 atom stereocenters. The summed E-state index contributed by atoms with van der Waals surface area (Å²) in [7, 11) is 1.40. The van der Waals surface area contributed by atoms with Gasteiger partial charge in [0.15, 0.2) is 0 Å². The standard InChI is InChI=1S/C12H19N3O3S/c1-4-12(5-2,10(13)19)11(18)14-7-6-8(16)15(3)9(7)17/h7H,4-6H2,1-3H3,(H2,13,19)(H,14,18). The van der Waals surface area contributed by atoms with Crippen molar-refractivity contribution in [1.82, 2.24) is 10.2 Å². The van der Waals surface area contributed by atoms with E-state index in [9.17, 15) is 14.4 Å². The Morgan fingerprint density at radius 1 is 1.47 bits per heavy atom. The van der Waals surface area contributed by atoms with Gasteiger partial charge in [0.25, 0.3) is 5.91 Å². The van der Waals surface area contributed by atoms with Gasteiger partial charge in [-0.2, -0.15) is 0 Å². The molecule has 0 saturated carbocycles. The van der Waals surface area contributed by atoms with Crippen molar-refractivity contribution in [2.24, 2.45) is 11.1 Å². The molecular formula is C12H19N3O3S. The number of carbonyl (C=O) groups is 3. The highest BCUT2D eigenvalue weighted by molar-refractivity contribution is 7.80. The van der Waals surface area contributed by atoms with Crippen molar-refractivity contribution in [3.05, 3.63) is 0 Å². The third kappa shape index (κ3) is 2.60. The first-order valence-electron chi connectivity index (χ1n) is 6.21. The lowest BCUT2D eigenvalue weighted by molar-refractivity contribution is -0.139. The first kappa shape index (κ1) is 15.6. The lowest BCUT2D eigenvalue weighted by atomic mass is 9.81. The van der Waals surface area contributed by atoms with Gasteiger partial charge in [0, 0.05) is 7.05 Å². The summed E-state index contributed by atoms with van der Waals surface area (Å²) in [6.07, 6.45) is 0.895. The van der Waals surface area contributed by atoms with Gasteiger partial charge in [-0.05, 0) is 12.8 Å². The van der Waals surface area contributed by atoms with Crippen molar-refractivity contribution in [1.29, 1.82) is 0 Å². The Kier molecular flexibility index (Phi) is 4.62. The highest BCUT2D eigenvalue weighted by Crippen LogP contribution is 2.28. The third-order valence-electron chi connectivity index (χ3n) is 3.80. The molecule has 19 heavy (non-hydrogen) atoms. The van der Waals surface area contributed by atoms with E-state index in [2.05, 4.69) is 5.32 Å². The molecule has 0 aromatic heterocycles. The van der Waals surface area contributed by atoms with Crippen LogP contribution < -0.4 is 11.1 Å². The smallest absolute Gasteiger partial charge is 0.252 e. The fraction of sp³-hybridized carbons (Fsp3) is 0.667. The fourth-order valence-electron chi connectivity index (χ4n) is 2.20. The summed E-state index contributed by atoms with van der Waals surface area (Å²) in [6.45, 7) is 3.63. The molecule has 7 heteroatoms. The minimum absolute atomic E-state index is 0.0120. The number of nitrogens with zero attached hydrogens (tertiary/aromatic N) is 1. The summed E-state index contributed by atoms with van der Waals surface area (Å²) < 4.78 is 0. The number of hydrogen-bond donors (Lipinski definition) is 2. The number of hydrogen-bond acceptors (Lipinski definition) is 4. The van der Waals surface area contributed by atoms with Crippen LogP contribution in [0, 0.1) is 5.41 Å². The molecule has 0 bridgehead atoms. The molecule has 1 aliphatic heterocycles. The molecule has 0 aliphatic carbocycles. The van der Waals surface area contributed by atoms with Gasteiger partial charge in [0.05, 0.1) is 16.8 Å². The van der Waals surface area contributed by atoms with Gasteiger partial charge in [-0.25, -0.2) is 0 Å². The minimum atomic E-state index is -0.959. The number of likely N-dealkylation sites (N-methyl/N-ethyl adjacent to an activating group) is 1. The van der Waals surface area contributed by atoms with Crippen LogP contribution >= 0.6 is 12.2 Å². The molecule has 1 rings (SSSR count). The van der Waals surface area contributed by atoms with Gasteiger partial charge in [-0.1, -0.05) is 26.1 Å². The lowest BCUT2D eigenvalue weighted by Crippen LogP contribution is -2.52. The summed E-state index contributed by atoms with van der Waals surface area (Å²) in [5, 5.41) is 2.60. The molecule has 1 unspecified atom stereocenters. The topological polar surface area (TPSA) is 92.5 Å². The number of carbonyl (C=O) groups excluding carboxylic acids is 3. The van der Waals surface area contributed by atoms with E-state index in [4.69, 9.17) is 18.0 Å². The second-order valence-corrected chi connectivity index (χ2v) is 5.11. The number of amides is 3. The quantitative estimate of drug-likeness (QED) is 0.546. The van der Waals surface area contributed by atoms with E-state index in [0.717, 1.165) is 4.90 Å². The van der Waals surface area contributed by atoms with Crippen LogP contribution in [0.4, 0.5) is 0 Å². The van der Waals surface area contributed by atoms with Gasteiger partial charge in [-0.3, -0.25) is 19.3 Å². The SMILES string of the molecule is CCC(CC)(C(=O)NC1CC(=O)N(C)C1=O)C(N)=S. The lowest BCUT2D eigenvalue weighted by Gasteiger charge is -2.29. The zero-order valence-electron chi connectivity index (χ0n) is 11.4. The van der Waals surface area contributed by atoms with Gasteiger partial charge >= 0.3 is 0 Å². The summed E-state index contributed by atoms with van der Waals surface area (Å²) in [5.74, 6) is -1.09. The maximum absolute atomic E-state index is 12.3. The van der Waals surface area contributed by atoms with Crippen molar-refractivity contribution >= 4 is 34.9 Å². The minimum Gasteiger partial charge on any atom is -0.392 e. The molecule has 1 aliphatic rings. The van der Waals surface area contributed by atoms with Gasteiger partial charge in [-0.15, -0.1) is 0 Å². The number of likely N-dealkylation sites (tertiary alicyclic amines) is 1. The zero-order chi connectivity index (χ0) is 14.8. The Bertz CT molecular complexity index is 432. The second-order valence-electron chi connectivity index (χ2n) is 4.67. The van der Waals surface area contributed by atoms with Crippen molar-refractivity contribution < 1.29 is 14.4 Å². The molecule has 106 valence electrons. The van der Waals surface area contributed by atoms with Gasteiger partial charge < -0.3 is 11.1 Å². The predicted molar refractivity (Wildman–Crippen MR) is 74.1 cm³/mol. The van der Waals surface area contributed by atoms with Crippen LogP contribution in [0.5, 0.6) is 0 Å². The molecule has 6 nitrogen and oxygen atoms in total. The normalized spacial score (nSPS) is 19.7. The molecule has 0 spiro atoms. The average molecular weight is 285 g/mol. The maximum Gasteiger partial charge on any atom is 0.252 e. The third-order valence-corrected chi connectivity index (χ3v) is 4.19. The van der Waals surface area contributed by atoms with Crippen LogP contribution in [-0.2, 0) is 14.4 Å². The van der Waals surface area contributed by atoms with Crippen LogP contribution in [0.25, 0.3) is 0 Å². The fourth-order valence-corrected chi connectivity index (χ4v) is 2.58. The highest BCUT2D eigenvalue weighted by Gasteiger charge is 2.43.